The molecule has 5 rings (SSSR count). The van der Waals surface area contributed by atoms with E-state index in [1.54, 1.807) is 29.2 Å². The molecule has 0 aliphatic carbocycles. The number of hydrogen-bond acceptors (Lipinski definition) is 10. The van der Waals surface area contributed by atoms with E-state index in [-0.39, 0.29) is 29.4 Å². The van der Waals surface area contributed by atoms with E-state index >= 15 is 4.39 Å². The van der Waals surface area contributed by atoms with E-state index in [2.05, 4.69) is 26.3 Å². The average molecular weight is 516 g/mol. The Morgan fingerprint density at radius 1 is 1.17 bits per heavy atom. The third kappa shape index (κ3) is 5.62. The number of hydrogen-bond donors (Lipinski definition) is 3. The summed E-state index contributed by atoms with van der Waals surface area (Å²) in [5, 5.41) is 16.5. The van der Waals surface area contributed by atoms with E-state index in [1.165, 1.54) is 24.1 Å². The maximum Gasteiger partial charge on any atom is 0.242 e. The second-order valence-electron chi connectivity index (χ2n) is 8.42. The zero-order valence-corrected chi connectivity index (χ0v) is 20.2. The van der Waals surface area contributed by atoms with Crippen molar-refractivity contribution in [2.45, 2.75) is 11.8 Å². The van der Waals surface area contributed by atoms with Gasteiger partial charge in [0, 0.05) is 56.3 Å². The smallest absolute Gasteiger partial charge is 0.242 e. The third-order valence-electron chi connectivity index (χ3n) is 6.08. The molecular formula is C23H26FN7O4S. The predicted molar refractivity (Wildman–Crippen MR) is 132 cm³/mol. The Morgan fingerprint density at radius 3 is 2.75 bits per heavy atom. The molecule has 190 valence electrons. The Labute approximate surface area is 210 Å². The van der Waals surface area contributed by atoms with E-state index in [0.29, 0.717) is 67.8 Å². The van der Waals surface area contributed by atoms with Gasteiger partial charge in [0.05, 0.1) is 24.0 Å². The Hall–Kier alpha value is -3.58. The molecular weight excluding hydrogens is 489 g/mol. The summed E-state index contributed by atoms with van der Waals surface area (Å²) in [6.45, 7) is 2.88. The van der Waals surface area contributed by atoms with Gasteiger partial charge in [-0.3, -0.25) is 9.59 Å². The van der Waals surface area contributed by atoms with Crippen LogP contribution in [0.5, 0.6) is 0 Å². The lowest BCUT2D eigenvalue weighted by Crippen LogP contribution is -2.52. The minimum atomic E-state index is -0.368. The lowest BCUT2D eigenvalue weighted by Gasteiger charge is -2.36. The molecule has 0 saturated carbocycles. The first-order valence-electron chi connectivity index (χ1n) is 11.6. The average Bonchev–Trinajstić information content (AvgIpc) is 3.69. The van der Waals surface area contributed by atoms with E-state index in [4.69, 9.17) is 9.05 Å². The second kappa shape index (κ2) is 11.0. The molecule has 2 saturated heterocycles. The monoisotopic (exact) mass is 515 g/mol. The summed E-state index contributed by atoms with van der Waals surface area (Å²) in [6.07, 6.45) is 1.46. The molecule has 13 heteroatoms. The highest BCUT2D eigenvalue weighted by Crippen LogP contribution is 2.27. The molecule has 11 nitrogen and oxygen atoms in total. The Kier molecular flexibility index (Phi) is 7.37. The van der Waals surface area contributed by atoms with Crippen molar-refractivity contribution in [3.63, 3.8) is 0 Å². The fourth-order valence-electron chi connectivity index (χ4n) is 4.10. The molecule has 1 atom stereocenters. The number of thioether (sulfide) groups is 1. The fraction of sp³-hybridized carbons (Fsp3) is 0.391. The fourth-order valence-corrected chi connectivity index (χ4v) is 5.01. The maximum atomic E-state index is 15.0. The molecule has 2 aliphatic heterocycles. The molecule has 3 aromatic rings. The zero-order valence-electron chi connectivity index (χ0n) is 19.4. The molecule has 1 aromatic carbocycles. The molecule has 0 radical (unpaired) electrons. The number of aromatic nitrogens is 2. The molecule has 2 aromatic heterocycles. The van der Waals surface area contributed by atoms with Crippen LogP contribution < -0.4 is 20.9 Å². The quantitative estimate of drug-likeness (QED) is 0.406. The summed E-state index contributed by atoms with van der Waals surface area (Å²) >= 11 is 1.53. The number of rotatable bonds is 8. The minimum Gasteiger partial charge on any atom is -0.366 e. The van der Waals surface area contributed by atoms with Gasteiger partial charge in [0.15, 0.2) is 11.6 Å². The van der Waals surface area contributed by atoms with Crippen molar-refractivity contribution in [2.75, 3.05) is 55.4 Å². The number of piperazine rings is 1. The van der Waals surface area contributed by atoms with E-state index < -0.39 is 0 Å². The van der Waals surface area contributed by atoms with Gasteiger partial charge >= 0.3 is 0 Å². The lowest BCUT2D eigenvalue weighted by atomic mass is 10.1. The highest BCUT2D eigenvalue weighted by Gasteiger charge is 2.26. The van der Waals surface area contributed by atoms with Crippen molar-refractivity contribution in [1.29, 1.82) is 0 Å². The van der Waals surface area contributed by atoms with Crippen molar-refractivity contribution in [1.82, 2.24) is 25.8 Å². The van der Waals surface area contributed by atoms with Crippen LogP contribution in [0, 0.1) is 5.82 Å². The summed E-state index contributed by atoms with van der Waals surface area (Å²) in [5.74, 6) is 1.28. The normalized spacial score (nSPS) is 17.9. The first kappa shape index (κ1) is 24.1. The molecule has 1 unspecified atom stereocenters. The molecule has 4 heterocycles. The topological polar surface area (TPSA) is 129 Å². The highest BCUT2D eigenvalue weighted by molar-refractivity contribution is 8.00. The maximum absolute atomic E-state index is 15.0. The first-order chi connectivity index (χ1) is 17.6. The van der Waals surface area contributed by atoms with Gasteiger partial charge in [-0.15, -0.1) is 11.8 Å². The van der Waals surface area contributed by atoms with E-state index in [0.717, 1.165) is 5.88 Å². The Balaban J connectivity index is 1.12. The number of nitrogens with one attached hydrogen (secondary N) is 3. The summed E-state index contributed by atoms with van der Waals surface area (Å²) in [6, 6.07) is 8.39. The van der Waals surface area contributed by atoms with Gasteiger partial charge in [0.25, 0.3) is 0 Å². The van der Waals surface area contributed by atoms with Crippen molar-refractivity contribution in [3.05, 3.63) is 48.2 Å². The van der Waals surface area contributed by atoms with Gasteiger partial charge in [0.1, 0.15) is 17.8 Å². The minimum absolute atomic E-state index is 0.0211. The second-order valence-corrected chi connectivity index (χ2v) is 9.61. The van der Waals surface area contributed by atoms with Crippen LogP contribution in [-0.2, 0) is 16.1 Å². The standard InChI is InChI=1S/C23H26FN7O4S/c24-17-9-15(18-10-16(35-28-18)11-26-21-3-8-34-29-21)1-2-19(17)30-4-6-31(7-5-30)22(32)13-27-23(33)20-12-25-14-36-20/h1-3,8-10,20,25H,4-7,11-14H2,(H,26,29)(H,27,33). The van der Waals surface area contributed by atoms with Gasteiger partial charge in [-0.25, -0.2) is 4.39 Å². The number of anilines is 2. The predicted octanol–water partition coefficient (Wildman–Crippen LogP) is 1.51. The number of carbonyl (C=O) groups excluding carboxylic acids is 2. The van der Waals surface area contributed by atoms with Crippen LogP contribution in [0.2, 0.25) is 0 Å². The summed E-state index contributed by atoms with van der Waals surface area (Å²) in [4.78, 5) is 28.2. The lowest BCUT2D eigenvalue weighted by molar-refractivity contribution is -0.133. The number of carbonyl (C=O) groups is 2. The molecule has 3 N–H and O–H groups in total. The van der Waals surface area contributed by atoms with Crippen molar-refractivity contribution >= 4 is 35.1 Å². The van der Waals surface area contributed by atoms with Crippen LogP contribution in [0.25, 0.3) is 11.3 Å². The van der Waals surface area contributed by atoms with Crippen molar-refractivity contribution < 1.29 is 23.0 Å². The first-order valence-corrected chi connectivity index (χ1v) is 12.6. The number of benzene rings is 1. The summed E-state index contributed by atoms with van der Waals surface area (Å²) < 4.78 is 25.1. The van der Waals surface area contributed by atoms with Crippen LogP contribution in [0.4, 0.5) is 15.9 Å². The molecule has 0 bridgehead atoms. The molecule has 0 spiro atoms. The largest absolute Gasteiger partial charge is 0.366 e. The van der Waals surface area contributed by atoms with Gasteiger partial charge in [-0.1, -0.05) is 16.4 Å². The molecule has 36 heavy (non-hydrogen) atoms. The molecule has 2 fully saturated rings. The van der Waals surface area contributed by atoms with Crippen molar-refractivity contribution in [3.8, 4) is 11.3 Å². The van der Waals surface area contributed by atoms with Gasteiger partial charge in [0.2, 0.25) is 11.8 Å². The highest BCUT2D eigenvalue weighted by atomic mass is 32.2. The molecule has 2 aliphatic rings. The SMILES string of the molecule is O=C(NCC(=O)N1CCN(c2ccc(-c3cc(CNc4ccon4)on3)cc2F)CC1)C1CNCS1. The van der Waals surface area contributed by atoms with Gasteiger partial charge in [-0.05, 0) is 12.1 Å². The van der Waals surface area contributed by atoms with E-state index in [1.807, 2.05) is 4.90 Å². The van der Waals surface area contributed by atoms with Crippen LogP contribution in [-0.4, -0.2) is 77.4 Å². The van der Waals surface area contributed by atoms with Crippen LogP contribution in [0.15, 0.2) is 45.6 Å². The Morgan fingerprint density at radius 2 is 2.03 bits per heavy atom. The summed E-state index contributed by atoms with van der Waals surface area (Å²) in [5.41, 5.74) is 1.61. The van der Waals surface area contributed by atoms with Crippen LogP contribution >= 0.6 is 11.8 Å². The number of amides is 2. The zero-order chi connectivity index (χ0) is 24.9. The number of halogens is 1. The third-order valence-corrected chi connectivity index (χ3v) is 7.23. The molecule has 2 amide bonds. The van der Waals surface area contributed by atoms with E-state index in [9.17, 15) is 9.59 Å². The van der Waals surface area contributed by atoms with Gasteiger partial charge < -0.3 is 34.8 Å². The van der Waals surface area contributed by atoms with Crippen LogP contribution in [0.1, 0.15) is 5.76 Å². The van der Waals surface area contributed by atoms with Crippen LogP contribution in [0.3, 0.4) is 0 Å². The van der Waals surface area contributed by atoms with Gasteiger partial charge in [-0.2, -0.15) is 0 Å². The number of nitrogens with zero attached hydrogens (tertiary/aromatic N) is 4. The van der Waals surface area contributed by atoms with Crippen molar-refractivity contribution in [2.24, 2.45) is 0 Å². The Bertz CT molecular complexity index is 1190. The summed E-state index contributed by atoms with van der Waals surface area (Å²) in [7, 11) is 0.